The minimum Gasteiger partial charge on any atom is -0.277 e. The van der Waals surface area contributed by atoms with Crippen molar-refractivity contribution in [1.82, 2.24) is 19.5 Å². The topological polar surface area (TPSA) is 43.6 Å². The van der Waals surface area contributed by atoms with Crippen LogP contribution < -0.4 is 0 Å². The summed E-state index contributed by atoms with van der Waals surface area (Å²) in [7, 11) is 0. The van der Waals surface area contributed by atoms with Crippen LogP contribution in [0.1, 0.15) is 25.0 Å². The van der Waals surface area contributed by atoms with Crippen LogP contribution in [-0.4, -0.2) is 19.5 Å². The van der Waals surface area contributed by atoms with Crippen molar-refractivity contribution in [2.75, 3.05) is 0 Å². The van der Waals surface area contributed by atoms with Crippen molar-refractivity contribution in [1.29, 1.82) is 0 Å². The molecule has 1 aliphatic rings. The quantitative estimate of drug-likeness (QED) is 0.161. The summed E-state index contributed by atoms with van der Waals surface area (Å²) in [5.74, 6) is 1.82. The Balaban J connectivity index is 1.04. The molecule has 11 aromatic rings. The van der Waals surface area contributed by atoms with Gasteiger partial charge < -0.3 is 0 Å². The number of para-hydroxylation sites is 1. The highest BCUT2D eigenvalue weighted by atomic mass is 15.2. The second kappa shape index (κ2) is 15.0. The van der Waals surface area contributed by atoms with Crippen molar-refractivity contribution in [3.05, 3.63) is 230 Å². The zero-order chi connectivity index (χ0) is 42.8. The molecular formula is C60H42N4. The van der Waals surface area contributed by atoms with Gasteiger partial charge in [0.2, 0.25) is 5.95 Å². The fourth-order valence-electron chi connectivity index (χ4n) is 9.91. The fourth-order valence-corrected chi connectivity index (χ4v) is 9.91. The van der Waals surface area contributed by atoms with Crippen molar-refractivity contribution < 1.29 is 0 Å². The van der Waals surface area contributed by atoms with E-state index in [2.05, 4.69) is 231 Å². The molecule has 64 heavy (non-hydrogen) atoms. The Hall–Kier alpha value is -8.21. The van der Waals surface area contributed by atoms with Gasteiger partial charge in [-0.3, -0.25) is 4.57 Å². The molecule has 2 heterocycles. The number of fused-ring (bicyclic) bond motifs is 7. The fraction of sp³-hybridized carbons (Fsp3) is 0.0500. The number of nitrogens with zero attached hydrogens (tertiary/aromatic N) is 4. The molecule has 4 heteroatoms. The first-order valence-electron chi connectivity index (χ1n) is 21.9. The molecule has 0 unspecified atom stereocenters. The monoisotopic (exact) mass is 818 g/mol. The van der Waals surface area contributed by atoms with Crippen LogP contribution in [0.25, 0.3) is 106 Å². The molecule has 0 saturated heterocycles. The number of hydrogen-bond acceptors (Lipinski definition) is 3. The van der Waals surface area contributed by atoms with Gasteiger partial charge in [-0.1, -0.05) is 208 Å². The molecule has 2 aromatic heterocycles. The zero-order valence-electron chi connectivity index (χ0n) is 35.6. The van der Waals surface area contributed by atoms with Gasteiger partial charge in [-0.05, 0) is 91.0 Å². The summed E-state index contributed by atoms with van der Waals surface area (Å²) in [5, 5.41) is 2.35. The first kappa shape index (κ1) is 37.5. The third kappa shape index (κ3) is 6.26. The van der Waals surface area contributed by atoms with Crippen LogP contribution in [0.15, 0.2) is 218 Å². The van der Waals surface area contributed by atoms with Crippen LogP contribution in [0.5, 0.6) is 0 Å². The predicted octanol–water partition coefficient (Wildman–Crippen LogP) is 15.3. The van der Waals surface area contributed by atoms with Crippen LogP contribution in [-0.2, 0) is 5.41 Å². The molecule has 0 spiro atoms. The Kier molecular flexibility index (Phi) is 8.80. The molecule has 0 bridgehead atoms. The van der Waals surface area contributed by atoms with Gasteiger partial charge in [-0.25, -0.2) is 4.98 Å². The summed E-state index contributed by atoms with van der Waals surface area (Å²) >= 11 is 0. The first-order chi connectivity index (χ1) is 31.5. The SMILES string of the molecule is CC1(C)c2ccccc2-c2ccc3c4ccccc4n(-c4nc(-c5ccc(-c6ccccc6)cc5)nc(-c5cccc(-c6cccc(-c7cccc(-c8ccccc8)c7)c6)c5)n4)c3c21. The van der Waals surface area contributed by atoms with E-state index in [1.54, 1.807) is 0 Å². The molecule has 0 amide bonds. The van der Waals surface area contributed by atoms with Crippen LogP contribution in [0, 0.1) is 0 Å². The maximum atomic E-state index is 5.44. The van der Waals surface area contributed by atoms with Crippen LogP contribution in [0.2, 0.25) is 0 Å². The van der Waals surface area contributed by atoms with E-state index >= 15 is 0 Å². The Morgan fingerprint density at radius 2 is 0.812 bits per heavy atom. The van der Waals surface area contributed by atoms with Crippen LogP contribution >= 0.6 is 0 Å². The van der Waals surface area contributed by atoms with Crippen LogP contribution in [0.4, 0.5) is 0 Å². The predicted molar refractivity (Wildman–Crippen MR) is 264 cm³/mol. The molecule has 4 nitrogen and oxygen atoms in total. The number of benzene rings is 9. The van der Waals surface area contributed by atoms with Gasteiger partial charge in [-0.15, -0.1) is 0 Å². The van der Waals surface area contributed by atoms with E-state index in [1.807, 2.05) is 6.07 Å². The van der Waals surface area contributed by atoms with Gasteiger partial charge in [-0.2, -0.15) is 9.97 Å². The van der Waals surface area contributed by atoms with E-state index in [4.69, 9.17) is 15.0 Å². The molecular weight excluding hydrogens is 777 g/mol. The van der Waals surface area contributed by atoms with Gasteiger partial charge in [0, 0.05) is 27.3 Å². The molecule has 0 saturated carbocycles. The summed E-state index contributed by atoms with van der Waals surface area (Å²) in [4.78, 5) is 16.1. The Morgan fingerprint density at radius 3 is 1.47 bits per heavy atom. The average Bonchev–Trinajstić information content (AvgIpc) is 3.82. The molecule has 1 aliphatic carbocycles. The summed E-state index contributed by atoms with van der Waals surface area (Å²) < 4.78 is 2.29. The minimum atomic E-state index is -0.255. The normalized spacial score (nSPS) is 12.7. The van der Waals surface area contributed by atoms with Gasteiger partial charge in [0.1, 0.15) is 0 Å². The molecule has 0 fully saturated rings. The van der Waals surface area contributed by atoms with E-state index in [1.165, 1.54) is 55.3 Å². The Morgan fingerprint density at radius 1 is 0.344 bits per heavy atom. The average molecular weight is 819 g/mol. The van der Waals surface area contributed by atoms with Crippen molar-refractivity contribution >= 4 is 21.8 Å². The maximum absolute atomic E-state index is 5.44. The van der Waals surface area contributed by atoms with Gasteiger partial charge >= 0.3 is 0 Å². The van der Waals surface area contributed by atoms with Crippen molar-refractivity contribution in [2.24, 2.45) is 0 Å². The molecule has 9 aromatic carbocycles. The molecule has 0 aliphatic heterocycles. The van der Waals surface area contributed by atoms with Crippen molar-refractivity contribution in [2.45, 2.75) is 19.3 Å². The van der Waals surface area contributed by atoms with E-state index in [-0.39, 0.29) is 5.41 Å². The smallest absolute Gasteiger partial charge is 0.238 e. The lowest BCUT2D eigenvalue weighted by atomic mass is 9.81. The van der Waals surface area contributed by atoms with E-state index in [0.29, 0.717) is 17.6 Å². The Bertz CT molecular complexity index is 3570. The standard InChI is InChI=1S/C60H42N4/c1-60(2)53-28-11-9-26-49(53)51-34-35-52-50-27-10-12-29-54(50)64(56(52)55(51)60)59-62-57(42-32-30-41(31-33-42)39-16-5-3-6-17-39)61-58(63-59)48-25-15-24-47(38-48)46-23-14-22-45(37-46)44-21-13-20-43(36-44)40-18-7-4-8-19-40/h3-38H,1-2H3. The number of aromatic nitrogens is 4. The third-order valence-corrected chi connectivity index (χ3v) is 13.0. The largest absolute Gasteiger partial charge is 0.277 e. The molecule has 0 atom stereocenters. The highest BCUT2D eigenvalue weighted by Crippen LogP contribution is 2.53. The highest BCUT2D eigenvalue weighted by Gasteiger charge is 2.38. The van der Waals surface area contributed by atoms with Crippen LogP contribution in [0.3, 0.4) is 0 Å². The first-order valence-corrected chi connectivity index (χ1v) is 21.9. The summed E-state index contributed by atoms with van der Waals surface area (Å²) in [6, 6.07) is 77.8. The second-order valence-electron chi connectivity index (χ2n) is 17.2. The highest BCUT2D eigenvalue weighted by molar-refractivity contribution is 6.13. The maximum Gasteiger partial charge on any atom is 0.238 e. The van der Waals surface area contributed by atoms with E-state index in [9.17, 15) is 0 Å². The summed E-state index contributed by atoms with van der Waals surface area (Å²) in [6.07, 6.45) is 0. The van der Waals surface area contributed by atoms with Gasteiger partial charge in [0.25, 0.3) is 0 Å². The molecule has 0 N–H and O–H groups in total. The minimum absolute atomic E-state index is 0.255. The summed E-state index contributed by atoms with van der Waals surface area (Å²) in [6.45, 7) is 4.69. The molecule has 302 valence electrons. The van der Waals surface area contributed by atoms with Gasteiger partial charge in [0.05, 0.1) is 11.0 Å². The lowest BCUT2D eigenvalue weighted by Crippen LogP contribution is -2.17. The summed E-state index contributed by atoms with van der Waals surface area (Å²) in [5.41, 5.74) is 18.2. The number of rotatable bonds is 7. The lowest BCUT2D eigenvalue weighted by molar-refractivity contribution is 0.663. The van der Waals surface area contributed by atoms with Gasteiger partial charge in [0.15, 0.2) is 11.6 Å². The lowest BCUT2D eigenvalue weighted by Gasteiger charge is -2.23. The van der Waals surface area contributed by atoms with Crippen molar-refractivity contribution in [3.63, 3.8) is 0 Å². The third-order valence-electron chi connectivity index (χ3n) is 13.0. The second-order valence-corrected chi connectivity index (χ2v) is 17.2. The molecule has 12 rings (SSSR count). The van der Waals surface area contributed by atoms with E-state index in [0.717, 1.165) is 44.4 Å². The zero-order valence-corrected chi connectivity index (χ0v) is 35.6. The number of hydrogen-bond donors (Lipinski definition) is 0. The van der Waals surface area contributed by atoms with Crippen molar-refractivity contribution in [3.8, 4) is 84.4 Å². The van der Waals surface area contributed by atoms with E-state index < -0.39 is 0 Å². The molecule has 0 radical (unpaired) electrons. The Labute approximate surface area is 372 Å².